The molecule has 1 N–H and O–H groups in total. The minimum absolute atomic E-state index is 1.03. The highest BCUT2D eigenvalue weighted by Gasteiger charge is 2.13. The number of para-hydroxylation sites is 1. The van der Waals surface area contributed by atoms with Gasteiger partial charge in [-0.1, -0.05) is 42.0 Å². The van der Waals surface area contributed by atoms with E-state index in [9.17, 15) is 0 Å². The van der Waals surface area contributed by atoms with Gasteiger partial charge in [0.2, 0.25) is 0 Å². The van der Waals surface area contributed by atoms with Gasteiger partial charge in [-0.2, -0.15) is 0 Å². The third kappa shape index (κ3) is 2.51. The van der Waals surface area contributed by atoms with Crippen LogP contribution < -0.4 is 5.32 Å². The fraction of sp³-hybridized carbons (Fsp3) is 0.333. The van der Waals surface area contributed by atoms with Gasteiger partial charge in [0.1, 0.15) is 0 Å². The molecule has 1 aliphatic rings. The molecule has 0 saturated carbocycles. The molecule has 0 spiro atoms. The third-order valence-corrected chi connectivity index (χ3v) is 4.05. The van der Waals surface area contributed by atoms with Crippen molar-refractivity contribution in [1.29, 1.82) is 0 Å². The maximum absolute atomic E-state index is 3.59. The van der Waals surface area contributed by atoms with E-state index in [1.54, 1.807) is 0 Å². The molecule has 0 fully saturated rings. The maximum Gasteiger partial charge on any atom is 0.0408 e. The molecule has 2 aromatic carbocycles. The van der Waals surface area contributed by atoms with Crippen molar-refractivity contribution in [2.24, 2.45) is 0 Å². The van der Waals surface area contributed by atoms with Crippen LogP contribution in [-0.2, 0) is 12.8 Å². The van der Waals surface area contributed by atoms with E-state index in [-0.39, 0.29) is 0 Å². The summed E-state index contributed by atoms with van der Waals surface area (Å²) in [6.45, 7) is 5.48. The Hall–Kier alpha value is -1.76. The number of hydrogen-bond donors (Lipinski definition) is 1. The quantitative estimate of drug-likeness (QED) is 0.841. The zero-order chi connectivity index (χ0) is 13.2. The number of fused-ring (bicyclic) bond motifs is 1. The second kappa shape index (κ2) is 5.08. The molecule has 0 atom stereocenters. The molecule has 0 saturated heterocycles. The van der Waals surface area contributed by atoms with Gasteiger partial charge in [0.05, 0.1) is 0 Å². The average Bonchev–Trinajstić information content (AvgIpc) is 2.43. The summed E-state index contributed by atoms with van der Waals surface area (Å²) in [5.74, 6) is 0. The highest BCUT2D eigenvalue weighted by atomic mass is 14.9. The summed E-state index contributed by atoms with van der Waals surface area (Å²) >= 11 is 0. The van der Waals surface area contributed by atoms with Crippen LogP contribution in [0.2, 0.25) is 0 Å². The van der Waals surface area contributed by atoms with Crippen molar-refractivity contribution in [1.82, 2.24) is 0 Å². The number of benzene rings is 2. The molecule has 3 rings (SSSR count). The van der Waals surface area contributed by atoms with E-state index in [1.807, 2.05) is 0 Å². The highest BCUT2D eigenvalue weighted by molar-refractivity contribution is 5.60. The topological polar surface area (TPSA) is 12.0 Å². The molecule has 0 unspecified atom stereocenters. The molecule has 1 nitrogen and oxygen atoms in total. The van der Waals surface area contributed by atoms with Crippen LogP contribution in [0.3, 0.4) is 0 Å². The third-order valence-electron chi connectivity index (χ3n) is 4.05. The van der Waals surface area contributed by atoms with Crippen molar-refractivity contribution < 1.29 is 0 Å². The van der Waals surface area contributed by atoms with Crippen LogP contribution in [0.15, 0.2) is 36.4 Å². The fourth-order valence-electron chi connectivity index (χ4n) is 2.92. The number of rotatable bonds is 2. The van der Waals surface area contributed by atoms with Crippen molar-refractivity contribution in [2.45, 2.75) is 33.1 Å². The summed E-state index contributed by atoms with van der Waals surface area (Å²) in [6, 6.07) is 13.5. The first-order valence-electron chi connectivity index (χ1n) is 7.15. The van der Waals surface area contributed by atoms with Gasteiger partial charge in [-0.15, -0.1) is 0 Å². The molecular formula is C18H21N. The Morgan fingerprint density at radius 2 is 1.95 bits per heavy atom. The van der Waals surface area contributed by atoms with Gasteiger partial charge in [-0.3, -0.25) is 0 Å². The lowest BCUT2D eigenvalue weighted by molar-refractivity contribution is 0.825. The summed E-state index contributed by atoms with van der Waals surface area (Å²) in [5.41, 5.74) is 8.48. The predicted molar refractivity (Wildman–Crippen MR) is 82.0 cm³/mol. The monoisotopic (exact) mass is 251 g/mol. The molecular weight excluding hydrogens is 230 g/mol. The lowest BCUT2D eigenvalue weighted by Crippen LogP contribution is -2.14. The molecule has 0 aliphatic carbocycles. The maximum atomic E-state index is 3.59. The second-order valence-electron chi connectivity index (χ2n) is 5.59. The van der Waals surface area contributed by atoms with E-state index in [1.165, 1.54) is 46.3 Å². The zero-order valence-electron chi connectivity index (χ0n) is 11.8. The first kappa shape index (κ1) is 12.3. The normalized spacial score (nSPS) is 13.8. The molecule has 0 amide bonds. The van der Waals surface area contributed by atoms with Crippen LogP contribution in [-0.4, -0.2) is 6.54 Å². The summed E-state index contributed by atoms with van der Waals surface area (Å²) < 4.78 is 0. The van der Waals surface area contributed by atoms with Crippen LogP contribution in [0.5, 0.6) is 0 Å². The van der Waals surface area contributed by atoms with Crippen molar-refractivity contribution in [3.05, 3.63) is 64.2 Å². The van der Waals surface area contributed by atoms with Gasteiger partial charge in [0.25, 0.3) is 0 Å². The van der Waals surface area contributed by atoms with E-state index in [4.69, 9.17) is 0 Å². The number of anilines is 1. The van der Waals surface area contributed by atoms with Crippen LogP contribution in [0, 0.1) is 13.8 Å². The largest absolute Gasteiger partial charge is 0.385 e. The molecule has 1 heterocycles. The summed E-state index contributed by atoms with van der Waals surface area (Å²) in [7, 11) is 0. The van der Waals surface area contributed by atoms with Gasteiger partial charge < -0.3 is 5.32 Å². The van der Waals surface area contributed by atoms with E-state index in [0.29, 0.717) is 0 Å². The standard InChI is InChI=1S/C18H21N/c1-13-8-9-14(2)17(11-13)12-16-6-3-5-15-7-4-10-19-18(15)16/h3,5-6,8-9,11,19H,4,7,10,12H2,1-2H3. The number of nitrogens with one attached hydrogen (secondary N) is 1. The average molecular weight is 251 g/mol. The molecule has 19 heavy (non-hydrogen) atoms. The summed E-state index contributed by atoms with van der Waals surface area (Å²) in [4.78, 5) is 0. The number of aryl methyl sites for hydroxylation is 3. The second-order valence-corrected chi connectivity index (χ2v) is 5.59. The molecule has 0 bridgehead atoms. The zero-order valence-corrected chi connectivity index (χ0v) is 11.8. The van der Waals surface area contributed by atoms with Crippen molar-refractivity contribution in [2.75, 3.05) is 11.9 Å². The summed E-state index contributed by atoms with van der Waals surface area (Å²) in [5, 5.41) is 3.59. The Labute approximate surface area is 115 Å². The van der Waals surface area contributed by atoms with Crippen molar-refractivity contribution in [3.8, 4) is 0 Å². The highest BCUT2D eigenvalue weighted by Crippen LogP contribution is 2.28. The van der Waals surface area contributed by atoms with Crippen molar-refractivity contribution in [3.63, 3.8) is 0 Å². The molecule has 2 aromatic rings. The molecule has 1 aliphatic heterocycles. The van der Waals surface area contributed by atoms with E-state index < -0.39 is 0 Å². The van der Waals surface area contributed by atoms with E-state index >= 15 is 0 Å². The molecule has 98 valence electrons. The SMILES string of the molecule is Cc1ccc(C)c(Cc2cccc3c2NCCC3)c1. The minimum Gasteiger partial charge on any atom is -0.385 e. The molecule has 1 heteroatoms. The smallest absolute Gasteiger partial charge is 0.0408 e. The molecule has 0 aromatic heterocycles. The first-order valence-corrected chi connectivity index (χ1v) is 7.15. The van der Waals surface area contributed by atoms with Crippen LogP contribution in [0.25, 0.3) is 0 Å². The van der Waals surface area contributed by atoms with Crippen molar-refractivity contribution >= 4 is 5.69 Å². The Morgan fingerprint density at radius 3 is 2.84 bits per heavy atom. The van der Waals surface area contributed by atoms with E-state index in [2.05, 4.69) is 55.6 Å². The Bertz CT molecular complexity index is 599. The number of hydrogen-bond acceptors (Lipinski definition) is 1. The Morgan fingerprint density at radius 1 is 1.05 bits per heavy atom. The fourth-order valence-corrected chi connectivity index (χ4v) is 2.92. The minimum atomic E-state index is 1.03. The first-order chi connectivity index (χ1) is 9.24. The van der Waals surface area contributed by atoms with Gasteiger partial charge in [0, 0.05) is 12.2 Å². The van der Waals surface area contributed by atoms with Crippen LogP contribution >= 0.6 is 0 Å². The predicted octanol–water partition coefficient (Wildman–Crippen LogP) is 4.25. The molecule has 0 radical (unpaired) electrons. The van der Waals surface area contributed by atoms with Crippen LogP contribution in [0.4, 0.5) is 5.69 Å². The van der Waals surface area contributed by atoms with Gasteiger partial charge in [-0.25, -0.2) is 0 Å². The summed E-state index contributed by atoms with van der Waals surface area (Å²) in [6.07, 6.45) is 3.49. The lowest BCUT2D eigenvalue weighted by atomic mass is 9.93. The van der Waals surface area contributed by atoms with E-state index in [0.717, 1.165) is 13.0 Å². The van der Waals surface area contributed by atoms with Gasteiger partial charge >= 0.3 is 0 Å². The van der Waals surface area contributed by atoms with Gasteiger partial charge in [0.15, 0.2) is 0 Å². The Kier molecular flexibility index (Phi) is 3.29. The van der Waals surface area contributed by atoms with Crippen LogP contribution in [0.1, 0.15) is 34.2 Å². The Balaban J connectivity index is 1.97. The van der Waals surface area contributed by atoms with Gasteiger partial charge in [-0.05, 0) is 55.4 Å². The lowest BCUT2D eigenvalue weighted by Gasteiger charge is -2.21.